The average molecular weight is 435 g/mol. The van der Waals surface area contributed by atoms with E-state index in [1.807, 2.05) is 50.1 Å². The highest BCUT2D eigenvalue weighted by atomic mass is 35.5. The van der Waals surface area contributed by atoms with Gasteiger partial charge in [0.15, 0.2) is 5.79 Å². The Morgan fingerprint density at radius 3 is 2.53 bits per heavy atom. The van der Waals surface area contributed by atoms with Crippen molar-refractivity contribution in [3.05, 3.63) is 47.0 Å². The maximum atomic E-state index is 13.3. The van der Waals surface area contributed by atoms with E-state index in [2.05, 4.69) is 17.1 Å². The van der Waals surface area contributed by atoms with Crippen LogP contribution in [-0.2, 0) is 20.7 Å². The summed E-state index contributed by atoms with van der Waals surface area (Å²) in [6.07, 6.45) is 8.61. The molecule has 1 aliphatic heterocycles. The van der Waals surface area contributed by atoms with Gasteiger partial charge in [0, 0.05) is 44.8 Å². The lowest BCUT2D eigenvalue weighted by Crippen LogP contribution is -2.64. The predicted octanol–water partition coefficient (Wildman–Crippen LogP) is 4.29. The Labute approximate surface area is 186 Å². The molecular formula is C24H35ClN2O3. The molecular weight excluding hydrogens is 400 g/mol. The third kappa shape index (κ3) is 5.25. The lowest BCUT2D eigenvalue weighted by Gasteiger charge is -2.48. The van der Waals surface area contributed by atoms with E-state index >= 15 is 0 Å². The van der Waals surface area contributed by atoms with E-state index in [0.717, 1.165) is 44.3 Å². The molecule has 1 aromatic carbocycles. The zero-order valence-corrected chi connectivity index (χ0v) is 19.2. The van der Waals surface area contributed by atoms with Gasteiger partial charge in [-0.2, -0.15) is 0 Å². The van der Waals surface area contributed by atoms with Crippen LogP contribution in [0.5, 0.6) is 0 Å². The molecule has 0 aromatic heterocycles. The largest absolute Gasteiger partial charge is 0.349 e. The normalized spacial score (nSPS) is 24.0. The molecule has 6 heteroatoms. The van der Waals surface area contributed by atoms with Gasteiger partial charge in [-0.05, 0) is 44.4 Å². The Morgan fingerprint density at radius 2 is 1.90 bits per heavy atom. The summed E-state index contributed by atoms with van der Waals surface area (Å²) in [5.74, 6) is -0.593. The number of carbonyl (C=O) groups excluding carboxylic acids is 1. The molecule has 0 bridgehead atoms. The lowest BCUT2D eigenvalue weighted by molar-refractivity contribution is -0.273. The molecule has 2 atom stereocenters. The third-order valence-corrected chi connectivity index (χ3v) is 6.48. The number of likely N-dealkylation sites (N-methyl/N-ethyl adjacent to an activating group) is 1. The standard InChI is InChI=1S/C24H35ClN2O3/c1-4-29-24(30-5-2)14-7-6-13-21(23(24)27-15-8-9-16-27)26(3)22(28)18-19-11-10-12-20(25)17-19/h8-12,17,21,23H,4-7,13-16,18H2,1-3H3. The molecule has 1 amide bonds. The minimum absolute atomic E-state index is 0.0109. The maximum absolute atomic E-state index is 13.3. The highest BCUT2D eigenvalue weighted by Gasteiger charge is 2.50. The second kappa shape index (κ2) is 10.8. The minimum Gasteiger partial charge on any atom is -0.349 e. The Morgan fingerprint density at radius 1 is 1.20 bits per heavy atom. The van der Waals surface area contributed by atoms with Crippen molar-refractivity contribution in [1.29, 1.82) is 0 Å². The topological polar surface area (TPSA) is 42.0 Å². The lowest BCUT2D eigenvalue weighted by atomic mass is 9.93. The summed E-state index contributed by atoms with van der Waals surface area (Å²) < 4.78 is 12.7. The monoisotopic (exact) mass is 434 g/mol. The van der Waals surface area contributed by atoms with Crippen molar-refractivity contribution < 1.29 is 14.3 Å². The van der Waals surface area contributed by atoms with Gasteiger partial charge in [-0.3, -0.25) is 9.69 Å². The van der Waals surface area contributed by atoms with Crippen molar-refractivity contribution >= 4 is 17.5 Å². The zero-order valence-electron chi connectivity index (χ0n) is 18.5. The van der Waals surface area contributed by atoms with Crippen molar-refractivity contribution in [3.63, 3.8) is 0 Å². The van der Waals surface area contributed by atoms with Gasteiger partial charge in [0.2, 0.25) is 5.91 Å². The van der Waals surface area contributed by atoms with Gasteiger partial charge in [0.05, 0.1) is 18.5 Å². The summed E-state index contributed by atoms with van der Waals surface area (Å²) in [5.41, 5.74) is 0.938. The van der Waals surface area contributed by atoms with Crippen LogP contribution >= 0.6 is 11.6 Å². The van der Waals surface area contributed by atoms with Crippen LogP contribution in [0.3, 0.4) is 0 Å². The van der Waals surface area contributed by atoms with Crippen molar-refractivity contribution in [3.8, 4) is 0 Å². The smallest absolute Gasteiger partial charge is 0.227 e. The molecule has 1 aliphatic carbocycles. The maximum Gasteiger partial charge on any atom is 0.227 e. The Kier molecular flexibility index (Phi) is 8.35. The molecule has 1 heterocycles. The Balaban J connectivity index is 1.89. The molecule has 0 saturated heterocycles. The minimum atomic E-state index is -0.693. The summed E-state index contributed by atoms with van der Waals surface area (Å²) in [6, 6.07) is 7.56. The average Bonchev–Trinajstić information content (AvgIpc) is 3.17. The number of hydrogen-bond acceptors (Lipinski definition) is 4. The van der Waals surface area contributed by atoms with Crippen LogP contribution in [0.25, 0.3) is 0 Å². The van der Waals surface area contributed by atoms with E-state index in [1.165, 1.54) is 0 Å². The van der Waals surface area contributed by atoms with Gasteiger partial charge in [0.25, 0.3) is 0 Å². The molecule has 5 nitrogen and oxygen atoms in total. The van der Waals surface area contributed by atoms with Gasteiger partial charge < -0.3 is 14.4 Å². The highest BCUT2D eigenvalue weighted by Crippen LogP contribution is 2.38. The van der Waals surface area contributed by atoms with Crippen molar-refractivity contribution in [2.75, 3.05) is 33.4 Å². The number of rotatable bonds is 8. The molecule has 0 radical (unpaired) electrons. The van der Waals surface area contributed by atoms with E-state index in [1.54, 1.807) is 0 Å². The summed E-state index contributed by atoms with van der Waals surface area (Å²) in [6.45, 7) is 6.94. The van der Waals surface area contributed by atoms with Crippen molar-refractivity contribution in [1.82, 2.24) is 9.80 Å². The molecule has 30 heavy (non-hydrogen) atoms. The Hall–Kier alpha value is -1.40. The van der Waals surface area contributed by atoms with Gasteiger partial charge in [-0.1, -0.05) is 42.3 Å². The van der Waals surface area contributed by atoms with Crippen LogP contribution in [0, 0.1) is 0 Å². The van der Waals surface area contributed by atoms with E-state index in [-0.39, 0.29) is 18.0 Å². The van der Waals surface area contributed by atoms with Crippen LogP contribution in [0.2, 0.25) is 5.02 Å². The molecule has 166 valence electrons. The van der Waals surface area contributed by atoms with Crippen LogP contribution in [0.1, 0.15) is 45.1 Å². The fourth-order valence-corrected chi connectivity index (χ4v) is 5.16. The van der Waals surface area contributed by atoms with Crippen molar-refractivity contribution in [2.24, 2.45) is 0 Å². The van der Waals surface area contributed by atoms with E-state index < -0.39 is 5.79 Å². The van der Waals surface area contributed by atoms with Gasteiger partial charge in [-0.25, -0.2) is 0 Å². The second-order valence-corrected chi connectivity index (χ2v) is 8.61. The van der Waals surface area contributed by atoms with Gasteiger partial charge in [0.1, 0.15) is 0 Å². The number of amides is 1. The quantitative estimate of drug-likeness (QED) is 0.347. The molecule has 3 rings (SSSR count). The fraction of sp³-hybridized carbons (Fsp3) is 0.625. The summed E-state index contributed by atoms with van der Waals surface area (Å²) >= 11 is 6.12. The van der Waals surface area contributed by atoms with Crippen LogP contribution in [-0.4, -0.2) is 66.9 Å². The first-order chi connectivity index (χ1) is 14.5. The van der Waals surface area contributed by atoms with Gasteiger partial charge in [-0.15, -0.1) is 0 Å². The summed E-state index contributed by atoms with van der Waals surface area (Å²) in [7, 11) is 1.93. The molecule has 1 fully saturated rings. The number of nitrogens with zero attached hydrogens (tertiary/aromatic N) is 2. The fourth-order valence-electron chi connectivity index (χ4n) is 4.95. The number of ether oxygens (including phenoxy) is 2. The van der Waals surface area contributed by atoms with Crippen LogP contribution in [0.4, 0.5) is 0 Å². The second-order valence-electron chi connectivity index (χ2n) is 8.17. The molecule has 2 unspecified atom stereocenters. The van der Waals surface area contributed by atoms with E-state index in [9.17, 15) is 4.79 Å². The van der Waals surface area contributed by atoms with E-state index in [4.69, 9.17) is 21.1 Å². The third-order valence-electron chi connectivity index (χ3n) is 6.24. The predicted molar refractivity (Wildman–Crippen MR) is 121 cm³/mol. The molecule has 2 aliphatic rings. The first kappa shape index (κ1) is 23.3. The summed E-state index contributed by atoms with van der Waals surface area (Å²) in [5, 5.41) is 0.658. The van der Waals surface area contributed by atoms with Crippen LogP contribution in [0.15, 0.2) is 36.4 Å². The number of halogens is 1. The number of hydrogen-bond donors (Lipinski definition) is 0. The Bertz CT molecular complexity index is 725. The molecule has 0 spiro atoms. The highest BCUT2D eigenvalue weighted by molar-refractivity contribution is 6.30. The first-order valence-corrected chi connectivity index (χ1v) is 11.6. The van der Waals surface area contributed by atoms with Gasteiger partial charge >= 0.3 is 0 Å². The molecule has 1 saturated carbocycles. The number of benzene rings is 1. The van der Waals surface area contributed by atoms with Crippen LogP contribution < -0.4 is 0 Å². The molecule has 0 N–H and O–H groups in total. The first-order valence-electron chi connectivity index (χ1n) is 11.2. The SMILES string of the molecule is CCOC1(OCC)CCCCC(N(C)C(=O)Cc2cccc(Cl)c2)C1N1CC=CC1. The van der Waals surface area contributed by atoms with E-state index in [0.29, 0.717) is 24.7 Å². The number of carbonyl (C=O) groups is 1. The van der Waals surface area contributed by atoms with Crippen molar-refractivity contribution in [2.45, 2.75) is 63.8 Å². The molecule has 1 aromatic rings. The summed E-state index contributed by atoms with van der Waals surface area (Å²) in [4.78, 5) is 17.6. The zero-order chi connectivity index (χ0) is 21.6.